The van der Waals surface area contributed by atoms with Crippen molar-refractivity contribution in [3.8, 4) is 5.75 Å². The number of amides is 1. The number of nitrogens with one attached hydrogen (secondary N) is 1. The molecule has 0 aromatic heterocycles. The van der Waals surface area contributed by atoms with Gasteiger partial charge in [0.2, 0.25) is 0 Å². The molecule has 0 aliphatic carbocycles. The summed E-state index contributed by atoms with van der Waals surface area (Å²) in [6, 6.07) is 15.3. The van der Waals surface area contributed by atoms with Gasteiger partial charge in [-0.25, -0.2) is 0 Å². The van der Waals surface area contributed by atoms with Gasteiger partial charge < -0.3 is 15.0 Å². The number of nitrogens with zero attached hydrogens (tertiary/aromatic N) is 1. The summed E-state index contributed by atoms with van der Waals surface area (Å²) in [7, 11) is 4.00. The van der Waals surface area contributed by atoms with Crippen LogP contribution in [0, 0.1) is 0 Å². The van der Waals surface area contributed by atoms with E-state index in [1.165, 1.54) is 5.56 Å². The van der Waals surface area contributed by atoms with Gasteiger partial charge in [0.1, 0.15) is 5.75 Å². The van der Waals surface area contributed by atoms with E-state index < -0.39 is 0 Å². The summed E-state index contributed by atoms with van der Waals surface area (Å²) in [5.41, 5.74) is 1.23. The van der Waals surface area contributed by atoms with Gasteiger partial charge in [0.25, 0.3) is 5.91 Å². The fourth-order valence-electron chi connectivity index (χ4n) is 2.34. The molecular formula is C19H22Cl2N2O2. The number of carbonyl (C=O) groups excluding carboxylic acids is 1. The van der Waals surface area contributed by atoms with Crippen LogP contribution in [-0.4, -0.2) is 44.1 Å². The molecule has 25 heavy (non-hydrogen) atoms. The zero-order valence-corrected chi connectivity index (χ0v) is 15.8. The number of hydrogen-bond acceptors (Lipinski definition) is 3. The molecule has 2 aromatic carbocycles. The quantitative estimate of drug-likeness (QED) is 0.759. The van der Waals surface area contributed by atoms with E-state index in [1.807, 2.05) is 32.3 Å². The van der Waals surface area contributed by atoms with E-state index in [4.69, 9.17) is 27.9 Å². The van der Waals surface area contributed by atoms with Gasteiger partial charge in [-0.1, -0.05) is 53.5 Å². The topological polar surface area (TPSA) is 41.6 Å². The van der Waals surface area contributed by atoms with Crippen LogP contribution < -0.4 is 10.1 Å². The van der Waals surface area contributed by atoms with Crippen molar-refractivity contribution in [3.63, 3.8) is 0 Å². The second-order valence-electron chi connectivity index (χ2n) is 5.97. The maximum atomic E-state index is 12.1. The Morgan fingerprint density at radius 1 is 1.16 bits per heavy atom. The molecular weight excluding hydrogens is 359 g/mol. The monoisotopic (exact) mass is 380 g/mol. The Kier molecular flexibility index (Phi) is 7.56. The maximum Gasteiger partial charge on any atom is 0.257 e. The minimum atomic E-state index is -0.198. The molecule has 0 fully saturated rings. The molecule has 0 saturated heterocycles. The lowest BCUT2D eigenvalue weighted by Gasteiger charge is -2.24. The molecule has 1 N–H and O–H groups in total. The van der Waals surface area contributed by atoms with Crippen molar-refractivity contribution in [2.45, 2.75) is 12.5 Å². The second kappa shape index (κ2) is 9.66. The van der Waals surface area contributed by atoms with Crippen molar-refractivity contribution in [2.75, 3.05) is 27.2 Å². The summed E-state index contributed by atoms with van der Waals surface area (Å²) < 4.78 is 5.45. The second-order valence-corrected chi connectivity index (χ2v) is 6.82. The van der Waals surface area contributed by atoms with Gasteiger partial charge in [0.15, 0.2) is 6.61 Å². The van der Waals surface area contributed by atoms with Crippen LogP contribution in [0.5, 0.6) is 5.75 Å². The van der Waals surface area contributed by atoms with E-state index in [-0.39, 0.29) is 18.6 Å². The van der Waals surface area contributed by atoms with Crippen LogP contribution >= 0.6 is 23.2 Å². The third kappa shape index (κ3) is 6.58. The van der Waals surface area contributed by atoms with Crippen molar-refractivity contribution in [1.82, 2.24) is 10.2 Å². The van der Waals surface area contributed by atoms with Crippen molar-refractivity contribution >= 4 is 29.1 Å². The molecule has 2 aromatic rings. The third-order valence-electron chi connectivity index (χ3n) is 3.83. The smallest absolute Gasteiger partial charge is 0.257 e. The van der Waals surface area contributed by atoms with Crippen LogP contribution in [0.4, 0.5) is 0 Å². The van der Waals surface area contributed by atoms with Gasteiger partial charge >= 0.3 is 0 Å². The third-order valence-corrected chi connectivity index (χ3v) is 4.38. The van der Waals surface area contributed by atoms with Crippen LogP contribution in [0.25, 0.3) is 0 Å². The number of likely N-dealkylation sites (N-methyl/N-ethyl adjacent to an activating group) is 1. The zero-order valence-electron chi connectivity index (χ0n) is 14.3. The molecule has 0 saturated carbocycles. The molecule has 0 aliphatic heterocycles. The maximum absolute atomic E-state index is 12.1. The number of ether oxygens (including phenoxy) is 1. The van der Waals surface area contributed by atoms with E-state index in [0.29, 0.717) is 22.3 Å². The Labute approximate surface area is 158 Å². The van der Waals surface area contributed by atoms with Gasteiger partial charge in [0, 0.05) is 23.7 Å². The first-order valence-corrected chi connectivity index (χ1v) is 8.76. The zero-order chi connectivity index (χ0) is 18.2. The molecule has 0 spiro atoms. The highest BCUT2D eigenvalue weighted by Crippen LogP contribution is 2.27. The highest BCUT2D eigenvalue weighted by Gasteiger charge is 2.14. The Hall–Kier alpha value is -1.75. The molecule has 1 amide bonds. The normalized spacial score (nSPS) is 12.0. The van der Waals surface area contributed by atoms with Crippen LogP contribution in [-0.2, 0) is 11.2 Å². The van der Waals surface area contributed by atoms with Crippen molar-refractivity contribution in [3.05, 3.63) is 64.1 Å². The summed E-state index contributed by atoms with van der Waals surface area (Å²) in [6.45, 7) is 0.429. The predicted octanol–water partition coefficient (Wildman–Crippen LogP) is 3.66. The summed E-state index contributed by atoms with van der Waals surface area (Å²) in [5, 5.41) is 3.84. The Bertz CT molecular complexity index is 693. The van der Waals surface area contributed by atoms with Gasteiger partial charge in [0.05, 0.1) is 5.02 Å². The van der Waals surface area contributed by atoms with E-state index >= 15 is 0 Å². The van der Waals surface area contributed by atoms with Crippen molar-refractivity contribution in [2.24, 2.45) is 0 Å². The van der Waals surface area contributed by atoms with Crippen LogP contribution in [0.2, 0.25) is 10.0 Å². The molecule has 0 bridgehead atoms. The standard InChI is InChI=1S/C19H22Cl2N2O2/c1-23(2)16(10-14-6-4-3-5-7-14)12-22-19(24)13-25-18-11-15(20)8-9-17(18)21/h3-9,11,16H,10,12-13H2,1-2H3,(H,22,24). The molecule has 6 heteroatoms. The molecule has 0 aliphatic rings. The number of carbonyl (C=O) groups is 1. The summed E-state index contributed by atoms with van der Waals surface area (Å²) >= 11 is 11.9. The van der Waals surface area contributed by atoms with Gasteiger partial charge in [-0.05, 0) is 38.2 Å². The molecule has 4 nitrogen and oxygen atoms in total. The first-order valence-electron chi connectivity index (χ1n) is 8.00. The highest BCUT2D eigenvalue weighted by atomic mass is 35.5. The van der Waals surface area contributed by atoms with Crippen molar-refractivity contribution < 1.29 is 9.53 Å². The van der Waals surface area contributed by atoms with Crippen molar-refractivity contribution in [1.29, 1.82) is 0 Å². The minimum absolute atomic E-state index is 0.106. The lowest BCUT2D eigenvalue weighted by atomic mass is 10.1. The van der Waals surface area contributed by atoms with Gasteiger partial charge in [-0.15, -0.1) is 0 Å². The predicted molar refractivity (Wildman–Crippen MR) is 103 cm³/mol. The summed E-state index contributed by atoms with van der Waals surface area (Å²) in [6.07, 6.45) is 0.856. The van der Waals surface area contributed by atoms with E-state index in [2.05, 4.69) is 22.3 Å². The first-order chi connectivity index (χ1) is 12.0. The van der Waals surface area contributed by atoms with Crippen LogP contribution in [0.1, 0.15) is 5.56 Å². The lowest BCUT2D eigenvalue weighted by molar-refractivity contribution is -0.123. The lowest BCUT2D eigenvalue weighted by Crippen LogP contribution is -2.42. The average molecular weight is 381 g/mol. The number of benzene rings is 2. The molecule has 1 atom stereocenters. The molecule has 134 valence electrons. The Morgan fingerprint density at radius 3 is 2.56 bits per heavy atom. The highest BCUT2D eigenvalue weighted by molar-refractivity contribution is 6.34. The van der Waals surface area contributed by atoms with E-state index in [1.54, 1.807) is 18.2 Å². The SMILES string of the molecule is CN(C)C(CNC(=O)COc1cc(Cl)ccc1Cl)Cc1ccccc1. The number of hydrogen-bond donors (Lipinski definition) is 1. The molecule has 0 heterocycles. The Balaban J connectivity index is 1.83. The molecule has 2 rings (SSSR count). The fraction of sp³-hybridized carbons (Fsp3) is 0.316. The van der Waals surface area contributed by atoms with Crippen LogP contribution in [0.3, 0.4) is 0 Å². The molecule has 1 unspecified atom stereocenters. The number of halogens is 2. The van der Waals surface area contributed by atoms with E-state index in [9.17, 15) is 4.79 Å². The van der Waals surface area contributed by atoms with E-state index in [0.717, 1.165) is 6.42 Å². The molecule has 0 radical (unpaired) electrons. The summed E-state index contributed by atoms with van der Waals surface area (Å²) in [5.74, 6) is 0.203. The average Bonchev–Trinajstić information content (AvgIpc) is 2.60. The largest absolute Gasteiger partial charge is 0.482 e. The van der Waals surface area contributed by atoms with Gasteiger partial charge in [-0.2, -0.15) is 0 Å². The summed E-state index contributed by atoms with van der Waals surface area (Å²) in [4.78, 5) is 14.2. The number of rotatable bonds is 8. The minimum Gasteiger partial charge on any atom is -0.482 e. The first kappa shape index (κ1) is 19.6. The fourth-order valence-corrected chi connectivity index (χ4v) is 2.67. The Morgan fingerprint density at radius 2 is 1.88 bits per heavy atom. The van der Waals surface area contributed by atoms with Crippen LogP contribution in [0.15, 0.2) is 48.5 Å². The van der Waals surface area contributed by atoms with Gasteiger partial charge in [-0.3, -0.25) is 4.79 Å².